The van der Waals surface area contributed by atoms with Gasteiger partial charge in [0.25, 0.3) is 0 Å². The minimum atomic E-state index is -0.873. The van der Waals surface area contributed by atoms with Crippen molar-refractivity contribution in [2.24, 2.45) is 11.8 Å². The normalized spacial score (nSPS) is 14.7. The number of hydrogen-bond acceptors (Lipinski definition) is 3. The van der Waals surface area contributed by atoms with E-state index in [9.17, 15) is 9.59 Å². The van der Waals surface area contributed by atoms with Crippen LogP contribution in [0.1, 0.15) is 26.7 Å². The molecule has 0 spiro atoms. The van der Waals surface area contributed by atoms with Gasteiger partial charge in [-0.2, -0.15) is 0 Å². The van der Waals surface area contributed by atoms with Gasteiger partial charge >= 0.3 is 11.9 Å². The molecular weight excluding hydrogens is 172 g/mol. The Kier molecular flexibility index (Phi) is 5.11. The number of esters is 1. The van der Waals surface area contributed by atoms with E-state index in [1.54, 1.807) is 6.92 Å². The molecule has 0 fully saturated rings. The van der Waals surface area contributed by atoms with Crippen LogP contribution in [0.2, 0.25) is 0 Å². The number of rotatable bonds is 5. The van der Waals surface area contributed by atoms with E-state index >= 15 is 0 Å². The molecule has 0 aromatic heterocycles. The number of hydrogen-bond donors (Lipinski definition) is 1. The molecule has 2 unspecified atom stereocenters. The molecule has 0 aliphatic rings. The fourth-order valence-corrected chi connectivity index (χ4v) is 1.12. The maximum atomic E-state index is 11.1. The fourth-order valence-electron chi connectivity index (χ4n) is 1.12. The van der Waals surface area contributed by atoms with Crippen molar-refractivity contribution in [3.05, 3.63) is 0 Å². The molecule has 0 aliphatic carbocycles. The summed E-state index contributed by atoms with van der Waals surface area (Å²) in [5.74, 6) is -1.99. The van der Waals surface area contributed by atoms with E-state index in [1.165, 1.54) is 7.11 Å². The molecule has 4 heteroatoms. The Morgan fingerprint density at radius 1 is 1.46 bits per heavy atom. The molecule has 0 saturated heterocycles. The number of carboxylic acids is 1. The largest absolute Gasteiger partial charge is 0.481 e. The van der Waals surface area contributed by atoms with Crippen molar-refractivity contribution in [1.29, 1.82) is 0 Å². The van der Waals surface area contributed by atoms with Crippen LogP contribution in [-0.2, 0) is 14.3 Å². The Balaban J connectivity index is 4.12. The minimum Gasteiger partial charge on any atom is -0.481 e. The zero-order chi connectivity index (χ0) is 10.4. The Morgan fingerprint density at radius 3 is 2.31 bits per heavy atom. The average Bonchev–Trinajstić information content (AvgIpc) is 2.12. The van der Waals surface area contributed by atoms with Gasteiger partial charge in [-0.15, -0.1) is 0 Å². The van der Waals surface area contributed by atoms with Gasteiger partial charge in [-0.05, 0) is 12.8 Å². The summed E-state index contributed by atoms with van der Waals surface area (Å²) in [6.45, 7) is 3.43. The molecule has 1 N–H and O–H groups in total. The number of ether oxygens (including phenoxy) is 1. The van der Waals surface area contributed by atoms with Crippen molar-refractivity contribution in [2.75, 3.05) is 7.11 Å². The lowest BCUT2D eigenvalue weighted by atomic mass is 9.94. The van der Waals surface area contributed by atoms with Crippen LogP contribution in [0.3, 0.4) is 0 Å². The van der Waals surface area contributed by atoms with Gasteiger partial charge in [0.15, 0.2) is 0 Å². The van der Waals surface area contributed by atoms with Crippen LogP contribution < -0.4 is 0 Å². The lowest BCUT2D eigenvalue weighted by molar-refractivity contribution is -0.147. The summed E-state index contributed by atoms with van der Waals surface area (Å²) in [5.41, 5.74) is 0. The van der Waals surface area contributed by atoms with Crippen LogP contribution >= 0.6 is 0 Å². The molecule has 0 amide bonds. The van der Waals surface area contributed by atoms with Crippen molar-refractivity contribution in [1.82, 2.24) is 0 Å². The molecular formula is C9H16O4. The predicted octanol–water partition coefficient (Wildman–Crippen LogP) is 1.30. The van der Waals surface area contributed by atoms with E-state index in [0.717, 1.165) is 0 Å². The number of carboxylic acid groups (broad SMARTS) is 1. The number of carbonyl (C=O) groups is 2. The first-order valence-corrected chi connectivity index (χ1v) is 4.33. The highest BCUT2D eigenvalue weighted by Crippen LogP contribution is 2.16. The molecule has 0 heterocycles. The standard InChI is InChI=1S/C9H16O4/c1-4-7(9(12)13-3)5-6(2)8(10)11/h6-7H,4-5H2,1-3H3,(H,10,11). The van der Waals surface area contributed by atoms with Crippen LogP contribution in [0.25, 0.3) is 0 Å². The maximum absolute atomic E-state index is 11.1. The van der Waals surface area contributed by atoms with Gasteiger partial charge in [-0.1, -0.05) is 13.8 Å². The molecule has 0 aromatic carbocycles. The van der Waals surface area contributed by atoms with Gasteiger partial charge < -0.3 is 9.84 Å². The quantitative estimate of drug-likeness (QED) is 0.660. The predicted molar refractivity (Wildman–Crippen MR) is 47.2 cm³/mol. The van der Waals surface area contributed by atoms with Crippen molar-refractivity contribution >= 4 is 11.9 Å². The third kappa shape index (κ3) is 3.92. The summed E-state index contributed by atoms with van der Waals surface area (Å²) >= 11 is 0. The molecule has 0 rings (SSSR count). The van der Waals surface area contributed by atoms with Gasteiger partial charge in [0.1, 0.15) is 0 Å². The lowest BCUT2D eigenvalue weighted by Crippen LogP contribution is -2.21. The second-order valence-corrected chi connectivity index (χ2v) is 3.10. The van der Waals surface area contributed by atoms with Gasteiger partial charge in [0.2, 0.25) is 0 Å². The Labute approximate surface area is 77.9 Å². The van der Waals surface area contributed by atoms with Crippen molar-refractivity contribution < 1.29 is 19.4 Å². The summed E-state index contributed by atoms with van der Waals surface area (Å²) in [6, 6.07) is 0. The highest BCUT2D eigenvalue weighted by molar-refractivity contribution is 5.74. The Bertz CT molecular complexity index is 188. The molecule has 0 radical (unpaired) electrons. The number of carbonyl (C=O) groups excluding carboxylic acids is 1. The van der Waals surface area contributed by atoms with E-state index in [-0.39, 0.29) is 11.9 Å². The third-order valence-electron chi connectivity index (χ3n) is 2.09. The van der Waals surface area contributed by atoms with Gasteiger partial charge in [0.05, 0.1) is 18.9 Å². The molecule has 76 valence electrons. The fraction of sp³-hybridized carbons (Fsp3) is 0.778. The van der Waals surface area contributed by atoms with E-state index in [2.05, 4.69) is 4.74 Å². The molecule has 0 aromatic rings. The summed E-state index contributed by atoms with van der Waals surface area (Å²) in [5, 5.41) is 8.63. The van der Waals surface area contributed by atoms with Crippen LogP contribution in [0.15, 0.2) is 0 Å². The van der Waals surface area contributed by atoms with Crippen molar-refractivity contribution in [3.63, 3.8) is 0 Å². The Hall–Kier alpha value is -1.06. The van der Waals surface area contributed by atoms with Crippen molar-refractivity contribution in [2.45, 2.75) is 26.7 Å². The number of aliphatic carboxylic acids is 1. The molecule has 2 atom stereocenters. The Morgan fingerprint density at radius 2 is 2.00 bits per heavy atom. The summed E-state index contributed by atoms with van der Waals surface area (Å²) in [7, 11) is 1.32. The van der Waals surface area contributed by atoms with Crippen LogP contribution in [0, 0.1) is 11.8 Å². The lowest BCUT2D eigenvalue weighted by Gasteiger charge is -2.14. The first kappa shape index (κ1) is 11.9. The number of methoxy groups -OCH3 is 1. The molecule has 4 nitrogen and oxygen atoms in total. The first-order valence-electron chi connectivity index (χ1n) is 4.33. The van der Waals surface area contributed by atoms with Gasteiger partial charge in [-0.25, -0.2) is 0 Å². The highest BCUT2D eigenvalue weighted by Gasteiger charge is 2.23. The van der Waals surface area contributed by atoms with E-state index in [4.69, 9.17) is 5.11 Å². The smallest absolute Gasteiger partial charge is 0.308 e. The van der Waals surface area contributed by atoms with E-state index in [0.29, 0.717) is 12.8 Å². The second kappa shape index (κ2) is 5.56. The van der Waals surface area contributed by atoms with Crippen molar-refractivity contribution in [3.8, 4) is 0 Å². The maximum Gasteiger partial charge on any atom is 0.308 e. The first-order chi connectivity index (χ1) is 6.02. The highest BCUT2D eigenvalue weighted by atomic mass is 16.5. The second-order valence-electron chi connectivity index (χ2n) is 3.10. The third-order valence-corrected chi connectivity index (χ3v) is 2.09. The monoisotopic (exact) mass is 188 g/mol. The molecule has 0 bridgehead atoms. The van der Waals surface area contributed by atoms with Gasteiger partial charge in [-0.3, -0.25) is 9.59 Å². The summed E-state index contributed by atoms with van der Waals surface area (Å²) < 4.78 is 4.55. The SMILES string of the molecule is CCC(CC(C)C(=O)O)C(=O)OC. The minimum absolute atomic E-state index is 0.295. The molecule has 0 saturated carbocycles. The average molecular weight is 188 g/mol. The summed E-state index contributed by atoms with van der Waals surface area (Å²) in [4.78, 5) is 21.6. The van der Waals surface area contributed by atoms with E-state index in [1.807, 2.05) is 6.92 Å². The van der Waals surface area contributed by atoms with E-state index < -0.39 is 11.9 Å². The topological polar surface area (TPSA) is 63.6 Å². The van der Waals surface area contributed by atoms with Crippen LogP contribution in [0.4, 0.5) is 0 Å². The summed E-state index contributed by atoms with van der Waals surface area (Å²) in [6.07, 6.45) is 0.961. The van der Waals surface area contributed by atoms with Crippen LogP contribution in [0.5, 0.6) is 0 Å². The zero-order valence-corrected chi connectivity index (χ0v) is 8.24. The van der Waals surface area contributed by atoms with Gasteiger partial charge in [0, 0.05) is 0 Å². The molecule has 0 aliphatic heterocycles. The molecule has 13 heavy (non-hydrogen) atoms. The van der Waals surface area contributed by atoms with Crippen LogP contribution in [-0.4, -0.2) is 24.2 Å². The zero-order valence-electron chi connectivity index (χ0n) is 8.24.